The Balaban J connectivity index is 1.88. The van der Waals surface area contributed by atoms with Gasteiger partial charge in [-0.1, -0.05) is 0 Å². The van der Waals surface area contributed by atoms with Gasteiger partial charge in [-0.25, -0.2) is 0 Å². The summed E-state index contributed by atoms with van der Waals surface area (Å²) in [5, 5.41) is 9.45. The van der Waals surface area contributed by atoms with Crippen LogP contribution < -0.4 is 5.48 Å². The molecule has 1 fully saturated rings. The highest BCUT2D eigenvalue weighted by atomic mass is 16.6. The maximum absolute atomic E-state index is 9.45. The van der Waals surface area contributed by atoms with Crippen molar-refractivity contribution in [3.8, 4) is 0 Å². The molecule has 0 aromatic carbocycles. The summed E-state index contributed by atoms with van der Waals surface area (Å²) in [5.74, 6) is 0. The molecule has 3 nitrogen and oxygen atoms in total. The van der Waals surface area contributed by atoms with Crippen molar-refractivity contribution in [1.82, 2.24) is 5.48 Å². The molecule has 1 radical (unpaired) electrons. The standard InChI is InChI=1S/C3H6NO2/c5-4-1-3-2-6-3/h3-4H,1-2H2. The van der Waals surface area contributed by atoms with Crippen molar-refractivity contribution < 1.29 is 9.94 Å². The van der Waals surface area contributed by atoms with Gasteiger partial charge in [0.15, 0.2) is 0 Å². The lowest BCUT2D eigenvalue weighted by atomic mass is 10.5. The molecule has 0 aliphatic carbocycles. The summed E-state index contributed by atoms with van der Waals surface area (Å²) in [7, 11) is 0. The Morgan fingerprint density at radius 2 is 2.67 bits per heavy atom. The topological polar surface area (TPSA) is 44.5 Å². The summed E-state index contributed by atoms with van der Waals surface area (Å²) in [6, 6.07) is 0. The second-order valence-electron chi connectivity index (χ2n) is 1.30. The molecule has 1 rings (SSSR count). The van der Waals surface area contributed by atoms with E-state index in [-0.39, 0.29) is 6.10 Å². The Bertz CT molecular complexity index is 44.1. The third kappa shape index (κ3) is 0.931. The van der Waals surface area contributed by atoms with Crippen molar-refractivity contribution in [3.63, 3.8) is 0 Å². The summed E-state index contributed by atoms with van der Waals surface area (Å²) in [6.07, 6.45) is 0.225. The Morgan fingerprint density at radius 1 is 2.00 bits per heavy atom. The molecule has 1 saturated heterocycles. The second-order valence-corrected chi connectivity index (χ2v) is 1.30. The van der Waals surface area contributed by atoms with Crippen molar-refractivity contribution in [2.45, 2.75) is 6.10 Å². The number of epoxide rings is 1. The van der Waals surface area contributed by atoms with Crippen LogP contribution in [0.5, 0.6) is 0 Å². The first-order valence-corrected chi connectivity index (χ1v) is 1.90. The Labute approximate surface area is 35.9 Å². The van der Waals surface area contributed by atoms with E-state index in [1.54, 1.807) is 5.48 Å². The molecular weight excluding hydrogens is 82.0 g/mol. The lowest BCUT2D eigenvalue weighted by Gasteiger charge is -1.80. The van der Waals surface area contributed by atoms with Gasteiger partial charge in [0.1, 0.15) is 0 Å². The zero-order chi connectivity index (χ0) is 4.41. The second kappa shape index (κ2) is 1.55. The average Bonchev–Trinajstić information content (AvgIpc) is 2.21. The Morgan fingerprint density at radius 3 is 2.83 bits per heavy atom. The quantitative estimate of drug-likeness (QED) is 0.359. The molecule has 1 N–H and O–H groups in total. The molecule has 0 amide bonds. The molecule has 0 aromatic rings. The van der Waals surface area contributed by atoms with Crippen LogP contribution in [0.1, 0.15) is 0 Å². The van der Waals surface area contributed by atoms with E-state index in [9.17, 15) is 5.21 Å². The predicted molar refractivity (Wildman–Crippen MR) is 18.4 cm³/mol. The van der Waals surface area contributed by atoms with Crippen molar-refractivity contribution in [1.29, 1.82) is 0 Å². The molecule has 1 aliphatic heterocycles. The SMILES string of the molecule is [O]NCC1CO1. The van der Waals surface area contributed by atoms with Crippen LogP contribution in [0.4, 0.5) is 0 Å². The number of ether oxygens (including phenoxy) is 1. The van der Waals surface area contributed by atoms with Crippen LogP contribution >= 0.6 is 0 Å². The van der Waals surface area contributed by atoms with Crippen LogP contribution in [0.25, 0.3) is 0 Å². The van der Waals surface area contributed by atoms with Gasteiger partial charge in [-0.3, -0.25) is 0 Å². The van der Waals surface area contributed by atoms with Crippen LogP contribution in [0.3, 0.4) is 0 Å². The van der Waals surface area contributed by atoms with E-state index in [1.807, 2.05) is 0 Å². The predicted octanol–water partition coefficient (Wildman–Crippen LogP) is -0.680. The molecule has 0 aromatic heterocycles. The summed E-state index contributed by atoms with van der Waals surface area (Å²) in [6.45, 7) is 1.22. The molecule has 1 atom stereocenters. The molecule has 1 aliphatic rings. The first-order chi connectivity index (χ1) is 2.93. The van der Waals surface area contributed by atoms with Gasteiger partial charge in [-0.15, -0.1) is 5.21 Å². The molecule has 0 saturated carbocycles. The van der Waals surface area contributed by atoms with Gasteiger partial charge in [0.05, 0.1) is 19.3 Å². The monoisotopic (exact) mass is 88.0 g/mol. The van der Waals surface area contributed by atoms with E-state index in [4.69, 9.17) is 0 Å². The van der Waals surface area contributed by atoms with Crippen molar-refractivity contribution in [3.05, 3.63) is 0 Å². The van der Waals surface area contributed by atoms with Crippen LogP contribution in [-0.4, -0.2) is 19.3 Å². The molecule has 0 bridgehead atoms. The zero-order valence-electron chi connectivity index (χ0n) is 3.31. The fraction of sp³-hybridized carbons (Fsp3) is 1.00. The normalized spacial score (nSPS) is 30.5. The van der Waals surface area contributed by atoms with Crippen molar-refractivity contribution in [2.24, 2.45) is 0 Å². The molecule has 1 unspecified atom stereocenters. The van der Waals surface area contributed by atoms with E-state index >= 15 is 0 Å². The van der Waals surface area contributed by atoms with E-state index in [1.165, 1.54) is 0 Å². The lowest BCUT2D eigenvalue weighted by molar-refractivity contribution is 0.0709. The third-order valence-corrected chi connectivity index (χ3v) is 0.713. The van der Waals surface area contributed by atoms with Gasteiger partial charge in [-0.2, -0.15) is 5.48 Å². The molecule has 6 heavy (non-hydrogen) atoms. The summed E-state index contributed by atoms with van der Waals surface area (Å²) < 4.78 is 4.69. The first-order valence-electron chi connectivity index (χ1n) is 1.90. The summed E-state index contributed by atoms with van der Waals surface area (Å²) in [5.41, 5.74) is 1.75. The van der Waals surface area contributed by atoms with Gasteiger partial charge >= 0.3 is 0 Å². The minimum Gasteiger partial charge on any atom is -0.372 e. The van der Waals surface area contributed by atoms with Gasteiger partial charge in [0, 0.05) is 0 Å². The van der Waals surface area contributed by atoms with Crippen molar-refractivity contribution in [2.75, 3.05) is 13.2 Å². The third-order valence-electron chi connectivity index (χ3n) is 0.713. The lowest BCUT2D eigenvalue weighted by Crippen LogP contribution is -2.11. The average molecular weight is 88.1 g/mol. The summed E-state index contributed by atoms with van der Waals surface area (Å²) >= 11 is 0. The smallest absolute Gasteiger partial charge is 0.0958 e. The van der Waals surface area contributed by atoms with E-state index in [0.29, 0.717) is 6.54 Å². The van der Waals surface area contributed by atoms with Crippen molar-refractivity contribution >= 4 is 0 Å². The fourth-order valence-electron chi connectivity index (χ4n) is 0.279. The highest BCUT2D eigenvalue weighted by Gasteiger charge is 2.20. The van der Waals surface area contributed by atoms with E-state index in [2.05, 4.69) is 4.74 Å². The maximum Gasteiger partial charge on any atom is 0.0958 e. The summed E-state index contributed by atoms with van der Waals surface area (Å²) in [4.78, 5) is 0. The molecular formula is C3H6NO2. The highest BCUT2D eigenvalue weighted by Crippen LogP contribution is 2.05. The van der Waals surface area contributed by atoms with Crippen LogP contribution in [0, 0.1) is 0 Å². The van der Waals surface area contributed by atoms with Crippen LogP contribution in [0.15, 0.2) is 0 Å². The first kappa shape index (κ1) is 4.05. The molecule has 3 heteroatoms. The minimum atomic E-state index is 0.225. The Kier molecular flexibility index (Phi) is 1.05. The fourth-order valence-corrected chi connectivity index (χ4v) is 0.279. The number of hydrogen-bond donors (Lipinski definition) is 1. The zero-order valence-corrected chi connectivity index (χ0v) is 3.31. The van der Waals surface area contributed by atoms with E-state index < -0.39 is 0 Å². The van der Waals surface area contributed by atoms with Crippen LogP contribution in [-0.2, 0) is 9.94 Å². The number of nitrogens with one attached hydrogen (secondary N) is 1. The molecule has 1 heterocycles. The maximum atomic E-state index is 9.45. The number of hydroxylamine groups is 1. The highest BCUT2D eigenvalue weighted by molar-refractivity contribution is 4.68. The Hall–Kier alpha value is -0.120. The number of rotatable bonds is 2. The number of hydrogen-bond acceptors (Lipinski definition) is 2. The minimum absolute atomic E-state index is 0.225. The molecule has 0 spiro atoms. The van der Waals surface area contributed by atoms with Crippen LogP contribution in [0.2, 0.25) is 0 Å². The molecule has 35 valence electrons. The van der Waals surface area contributed by atoms with Gasteiger partial charge in [0.2, 0.25) is 0 Å². The largest absolute Gasteiger partial charge is 0.372 e. The van der Waals surface area contributed by atoms with Gasteiger partial charge in [0.25, 0.3) is 0 Å². The van der Waals surface area contributed by atoms with E-state index in [0.717, 1.165) is 6.61 Å². The van der Waals surface area contributed by atoms with Gasteiger partial charge < -0.3 is 4.74 Å². The van der Waals surface area contributed by atoms with Gasteiger partial charge in [-0.05, 0) is 0 Å².